The number of amides is 1. The van der Waals surface area contributed by atoms with Crippen LogP contribution in [-0.4, -0.2) is 73.2 Å². The van der Waals surface area contributed by atoms with Gasteiger partial charge in [-0.2, -0.15) is 0 Å². The molecule has 0 aromatic heterocycles. The highest BCUT2D eigenvalue weighted by Crippen LogP contribution is 2.22. The van der Waals surface area contributed by atoms with E-state index in [9.17, 15) is 4.79 Å². The highest BCUT2D eigenvalue weighted by Gasteiger charge is 2.33. The van der Waals surface area contributed by atoms with E-state index in [2.05, 4.69) is 24.1 Å². The third kappa shape index (κ3) is 4.03. The summed E-state index contributed by atoms with van der Waals surface area (Å²) in [7, 11) is 2.14. The Kier molecular flexibility index (Phi) is 5.85. The molecule has 0 spiro atoms. The van der Waals surface area contributed by atoms with Gasteiger partial charge in [-0.05, 0) is 30.0 Å². The molecule has 2 aliphatic heterocycles. The van der Waals surface area contributed by atoms with Crippen molar-refractivity contribution >= 4 is 23.2 Å². The van der Waals surface area contributed by atoms with Crippen LogP contribution in [0.3, 0.4) is 0 Å². The topological polar surface area (TPSA) is 70.1 Å². The molecule has 6 nitrogen and oxygen atoms in total. The Hall–Kier alpha value is -2.44. The van der Waals surface area contributed by atoms with Crippen molar-refractivity contribution in [2.75, 3.05) is 39.9 Å². The van der Waals surface area contributed by atoms with Gasteiger partial charge >= 0.3 is 0 Å². The van der Waals surface area contributed by atoms with E-state index in [-0.39, 0.29) is 12.4 Å². The number of carbonyl (C=O) groups excluding carboxylic acids is 1. The minimum atomic E-state index is -0.250. The number of nitrogens with zero attached hydrogens (tertiary/aromatic N) is 2. The third-order valence-corrected chi connectivity index (χ3v) is 5.03. The van der Waals surface area contributed by atoms with Gasteiger partial charge in [0.1, 0.15) is 0 Å². The van der Waals surface area contributed by atoms with Crippen LogP contribution in [0.5, 0.6) is 0 Å². The van der Waals surface area contributed by atoms with Crippen LogP contribution in [0, 0.1) is 5.92 Å². The summed E-state index contributed by atoms with van der Waals surface area (Å²) in [6.07, 6.45) is 0. The minimum Gasteiger partial charge on any atom is -0.483 e. The summed E-state index contributed by atoms with van der Waals surface area (Å²) in [5.41, 5.74) is 0.784. The lowest BCUT2D eigenvalue weighted by atomic mass is 10.1. The Bertz CT molecular complexity index is 779. The van der Waals surface area contributed by atoms with Gasteiger partial charge in [-0.3, -0.25) is 14.5 Å². The van der Waals surface area contributed by atoms with E-state index < -0.39 is 0 Å². The summed E-state index contributed by atoms with van der Waals surface area (Å²) < 4.78 is 5.74. The van der Waals surface area contributed by atoms with Crippen LogP contribution in [0.25, 0.3) is 10.8 Å². The number of ether oxygens (including phenoxy) is 1. The Labute approximate surface area is 153 Å². The van der Waals surface area contributed by atoms with Crippen LogP contribution in [0.4, 0.5) is 0 Å². The first-order valence-corrected chi connectivity index (χ1v) is 8.76. The summed E-state index contributed by atoms with van der Waals surface area (Å²) >= 11 is 0. The molecule has 1 amide bonds. The van der Waals surface area contributed by atoms with E-state index >= 15 is 0 Å². The fourth-order valence-electron chi connectivity index (χ4n) is 3.72. The summed E-state index contributed by atoms with van der Waals surface area (Å²) in [5, 5.41) is 9.18. The van der Waals surface area contributed by atoms with Gasteiger partial charge in [-0.15, -0.1) is 0 Å². The highest BCUT2D eigenvalue weighted by atomic mass is 16.5. The average Bonchev–Trinajstić information content (AvgIpc) is 2.90. The number of rotatable bonds is 1. The maximum atomic E-state index is 13.0. The normalized spacial score (nSPS) is 22.9. The van der Waals surface area contributed by atoms with Crippen LogP contribution >= 0.6 is 0 Å². The second kappa shape index (κ2) is 8.29. The van der Waals surface area contributed by atoms with Crippen molar-refractivity contribution < 1.29 is 19.4 Å². The van der Waals surface area contributed by atoms with Crippen molar-refractivity contribution in [3.05, 3.63) is 48.0 Å². The fourth-order valence-corrected chi connectivity index (χ4v) is 3.72. The van der Waals surface area contributed by atoms with Gasteiger partial charge in [0.2, 0.25) is 0 Å². The minimum absolute atomic E-state index is 0.142. The summed E-state index contributed by atoms with van der Waals surface area (Å²) in [5.74, 6) is 0.542. The van der Waals surface area contributed by atoms with Crippen LogP contribution in [-0.2, 0) is 9.53 Å². The lowest BCUT2D eigenvalue weighted by Gasteiger charge is -2.30. The molecule has 2 aromatic carbocycles. The molecule has 2 fully saturated rings. The molecule has 2 aliphatic rings. The standard InChI is InChI=1S/C19H22N2O2.CH2O2/c1-20-9-14-10-21(11-18(20)13-23-12-14)19(22)17-7-6-15-4-2-3-5-16(15)8-17;2-1-3/h2-8,14,18H,9-13H2,1H3;1H,(H,2,3)/t14-,18+;/m1./s1. The van der Waals surface area contributed by atoms with Crippen molar-refractivity contribution in [2.45, 2.75) is 6.04 Å². The van der Waals surface area contributed by atoms with E-state index in [1.165, 1.54) is 5.39 Å². The lowest BCUT2D eigenvalue weighted by Crippen LogP contribution is -2.44. The van der Waals surface area contributed by atoms with Crippen molar-refractivity contribution in [1.82, 2.24) is 9.80 Å². The van der Waals surface area contributed by atoms with Gasteiger partial charge in [0, 0.05) is 31.1 Å². The predicted octanol–water partition coefficient (Wildman–Crippen LogP) is 1.94. The van der Waals surface area contributed by atoms with Crippen LogP contribution in [0.2, 0.25) is 0 Å². The molecule has 0 radical (unpaired) electrons. The molecule has 2 atom stereocenters. The molecule has 26 heavy (non-hydrogen) atoms. The monoisotopic (exact) mass is 356 g/mol. The molecule has 0 saturated carbocycles. The summed E-state index contributed by atoms with van der Waals surface area (Å²) in [4.78, 5) is 25.7. The van der Waals surface area contributed by atoms with E-state index in [4.69, 9.17) is 14.6 Å². The molecule has 1 N–H and O–H groups in total. The van der Waals surface area contributed by atoms with Gasteiger partial charge in [-0.1, -0.05) is 30.3 Å². The molecule has 2 heterocycles. The predicted molar refractivity (Wildman–Crippen MR) is 99.3 cm³/mol. The molecule has 0 aliphatic carbocycles. The number of hydrogen-bond donors (Lipinski definition) is 1. The zero-order valence-electron chi connectivity index (χ0n) is 14.9. The average molecular weight is 356 g/mol. The maximum absolute atomic E-state index is 13.0. The summed E-state index contributed by atoms with van der Waals surface area (Å²) in [6.45, 7) is 3.76. The van der Waals surface area contributed by atoms with Crippen molar-refractivity contribution in [1.29, 1.82) is 0 Å². The number of benzene rings is 2. The second-order valence-electron chi connectivity index (χ2n) is 6.87. The highest BCUT2D eigenvalue weighted by molar-refractivity contribution is 5.98. The van der Waals surface area contributed by atoms with E-state index in [1.54, 1.807) is 0 Å². The van der Waals surface area contributed by atoms with Gasteiger partial charge in [0.25, 0.3) is 12.4 Å². The van der Waals surface area contributed by atoms with Crippen molar-refractivity contribution in [3.63, 3.8) is 0 Å². The van der Waals surface area contributed by atoms with Gasteiger partial charge < -0.3 is 14.7 Å². The summed E-state index contributed by atoms with van der Waals surface area (Å²) in [6, 6.07) is 14.5. The zero-order chi connectivity index (χ0) is 18.5. The molecule has 2 saturated heterocycles. The number of carboxylic acid groups (broad SMARTS) is 1. The zero-order valence-corrected chi connectivity index (χ0v) is 14.9. The van der Waals surface area contributed by atoms with Crippen LogP contribution in [0.1, 0.15) is 10.4 Å². The lowest BCUT2D eigenvalue weighted by molar-refractivity contribution is -0.122. The quantitative estimate of drug-likeness (QED) is 0.791. The molecule has 6 heteroatoms. The van der Waals surface area contributed by atoms with E-state index in [1.807, 2.05) is 35.2 Å². The van der Waals surface area contributed by atoms with E-state index in [0.717, 1.165) is 37.2 Å². The number of carbonyl (C=O) groups is 2. The Morgan fingerprint density at radius 3 is 2.62 bits per heavy atom. The Morgan fingerprint density at radius 2 is 1.85 bits per heavy atom. The molecular formula is C20H24N2O4. The Morgan fingerprint density at radius 1 is 1.12 bits per heavy atom. The Balaban J connectivity index is 0.000000613. The maximum Gasteiger partial charge on any atom is 0.290 e. The smallest absolute Gasteiger partial charge is 0.290 e. The van der Waals surface area contributed by atoms with E-state index in [0.29, 0.717) is 18.6 Å². The number of likely N-dealkylation sites (N-methyl/N-ethyl adjacent to an activating group) is 1. The molecular weight excluding hydrogens is 332 g/mol. The molecule has 2 bridgehead atoms. The first-order valence-electron chi connectivity index (χ1n) is 8.76. The van der Waals surface area contributed by atoms with Gasteiger partial charge in [0.05, 0.1) is 19.3 Å². The van der Waals surface area contributed by atoms with Gasteiger partial charge in [-0.25, -0.2) is 0 Å². The first-order chi connectivity index (χ1) is 12.6. The van der Waals surface area contributed by atoms with Crippen LogP contribution in [0.15, 0.2) is 42.5 Å². The molecule has 0 unspecified atom stereocenters. The molecule has 2 aromatic rings. The molecule has 138 valence electrons. The largest absolute Gasteiger partial charge is 0.483 e. The van der Waals surface area contributed by atoms with Crippen molar-refractivity contribution in [3.8, 4) is 0 Å². The molecule has 4 rings (SSSR count). The van der Waals surface area contributed by atoms with Crippen molar-refractivity contribution in [2.24, 2.45) is 5.92 Å². The van der Waals surface area contributed by atoms with Gasteiger partial charge in [0.15, 0.2) is 0 Å². The fraction of sp³-hybridized carbons (Fsp3) is 0.400. The third-order valence-electron chi connectivity index (χ3n) is 5.03. The SMILES string of the molecule is CN1C[C@H]2COC[C@@H]1CN(C(=O)c1ccc3ccccc3c1)C2.O=CO. The first kappa shape index (κ1) is 18.4. The number of hydrogen-bond acceptors (Lipinski definition) is 4. The second-order valence-corrected chi connectivity index (χ2v) is 6.87. The van der Waals surface area contributed by atoms with Crippen LogP contribution < -0.4 is 0 Å². The number of fused-ring (bicyclic) bond motifs is 4.